The molecule has 1 saturated carbocycles. The van der Waals surface area contributed by atoms with Crippen molar-refractivity contribution in [2.75, 3.05) is 0 Å². The van der Waals surface area contributed by atoms with E-state index in [1.165, 1.54) is 0 Å². The van der Waals surface area contributed by atoms with Crippen LogP contribution in [-0.4, -0.2) is 15.6 Å². The Bertz CT molecular complexity index is 238. The fraction of sp³-hybridized carbons (Fsp3) is 0.714. The zero-order chi connectivity index (χ0) is 9.35. The SMILES string of the molecule is N#CC1(C(N)=O)C[C@H](Br)[C@@H](Br)C1. The zero-order valence-electron chi connectivity index (χ0n) is 6.26. The van der Waals surface area contributed by atoms with Crippen LogP contribution >= 0.6 is 31.9 Å². The lowest BCUT2D eigenvalue weighted by Gasteiger charge is -2.14. The van der Waals surface area contributed by atoms with Crippen molar-refractivity contribution in [2.24, 2.45) is 11.1 Å². The minimum Gasteiger partial charge on any atom is -0.368 e. The second kappa shape index (κ2) is 3.35. The Labute approximate surface area is 87.6 Å². The number of hydrogen-bond donors (Lipinski definition) is 1. The Morgan fingerprint density at radius 1 is 1.50 bits per heavy atom. The predicted octanol–water partition coefficient (Wildman–Crippen LogP) is 1.30. The van der Waals surface area contributed by atoms with E-state index < -0.39 is 11.3 Å². The molecule has 0 saturated heterocycles. The molecule has 66 valence electrons. The highest BCUT2D eigenvalue weighted by Gasteiger charge is 2.48. The van der Waals surface area contributed by atoms with Gasteiger partial charge in [0.1, 0.15) is 5.41 Å². The molecule has 0 aromatic rings. The maximum Gasteiger partial charge on any atom is 0.237 e. The van der Waals surface area contributed by atoms with Gasteiger partial charge in [0.15, 0.2) is 0 Å². The van der Waals surface area contributed by atoms with Crippen LogP contribution in [-0.2, 0) is 4.79 Å². The van der Waals surface area contributed by atoms with Crippen LogP contribution < -0.4 is 5.73 Å². The number of primary amides is 1. The molecule has 0 unspecified atom stereocenters. The molecular formula is C7H8Br2N2O. The lowest BCUT2D eigenvalue weighted by atomic mass is 9.87. The van der Waals surface area contributed by atoms with Crippen molar-refractivity contribution in [3.63, 3.8) is 0 Å². The third kappa shape index (κ3) is 1.50. The van der Waals surface area contributed by atoms with Crippen LogP contribution in [0.1, 0.15) is 12.8 Å². The summed E-state index contributed by atoms with van der Waals surface area (Å²) < 4.78 is 0. The van der Waals surface area contributed by atoms with Gasteiger partial charge in [0.25, 0.3) is 0 Å². The maximum atomic E-state index is 11.0. The van der Waals surface area contributed by atoms with Crippen molar-refractivity contribution in [1.82, 2.24) is 0 Å². The minimum atomic E-state index is -0.970. The Morgan fingerprint density at radius 2 is 1.92 bits per heavy atom. The van der Waals surface area contributed by atoms with Gasteiger partial charge in [-0.25, -0.2) is 0 Å². The van der Waals surface area contributed by atoms with Gasteiger partial charge in [-0.3, -0.25) is 4.79 Å². The van der Waals surface area contributed by atoms with E-state index in [1.54, 1.807) is 0 Å². The average molecular weight is 296 g/mol. The number of carbonyl (C=O) groups excluding carboxylic acids is 1. The number of alkyl halides is 2. The molecule has 2 atom stereocenters. The number of carbonyl (C=O) groups is 1. The quantitative estimate of drug-likeness (QED) is 0.741. The molecule has 0 bridgehead atoms. The van der Waals surface area contributed by atoms with Crippen LogP contribution in [0.3, 0.4) is 0 Å². The number of nitriles is 1. The summed E-state index contributed by atoms with van der Waals surface area (Å²) >= 11 is 6.77. The molecule has 5 heteroatoms. The topological polar surface area (TPSA) is 66.9 Å². The number of rotatable bonds is 1. The molecule has 2 N–H and O–H groups in total. The molecule has 1 amide bonds. The minimum absolute atomic E-state index is 0.157. The molecule has 12 heavy (non-hydrogen) atoms. The van der Waals surface area contributed by atoms with Crippen molar-refractivity contribution >= 4 is 37.8 Å². The highest BCUT2D eigenvalue weighted by atomic mass is 79.9. The lowest BCUT2D eigenvalue weighted by molar-refractivity contribution is -0.124. The summed E-state index contributed by atoms with van der Waals surface area (Å²) in [5.74, 6) is -0.517. The van der Waals surface area contributed by atoms with Crippen LogP contribution in [0.2, 0.25) is 0 Å². The van der Waals surface area contributed by atoms with E-state index in [9.17, 15) is 4.79 Å². The second-order valence-corrected chi connectivity index (χ2v) is 5.35. The van der Waals surface area contributed by atoms with E-state index in [-0.39, 0.29) is 9.65 Å². The van der Waals surface area contributed by atoms with Crippen molar-refractivity contribution in [3.05, 3.63) is 0 Å². The second-order valence-electron chi connectivity index (χ2n) is 3.00. The molecule has 0 radical (unpaired) electrons. The summed E-state index contributed by atoms with van der Waals surface area (Å²) in [5.41, 5.74) is 4.19. The first-order chi connectivity index (χ1) is 5.52. The Balaban J connectivity index is 2.88. The first kappa shape index (κ1) is 10.0. The summed E-state index contributed by atoms with van der Waals surface area (Å²) in [6, 6.07) is 2.00. The van der Waals surface area contributed by atoms with Gasteiger partial charge in [-0.2, -0.15) is 5.26 Å². The monoisotopic (exact) mass is 294 g/mol. The van der Waals surface area contributed by atoms with Crippen molar-refractivity contribution in [1.29, 1.82) is 5.26 Å². The van der Waals surface area contributed by atoms with Gasteiger partial charge in [-0.05, 0) is 12.8 Å². The molecule has 0 heterocycles. The van der Waals surface area contributed by atoms with Gasteiger partial charge in [-0.15, -0.1) is 0 Å². The van der Waals surface area contributed by atoms with Gasteiger partial charge >= 0.3 is 0 Å². The smallest absolute Gasteiger partial charge is 0.237 e. The standard InChI is InChI=1S/C7H8Br2N2O/c8-4-1-7(3-10,6(11)12)2-5(4)9/h4-5H,1-2H2,(H2,11,12)/t4-,5-/m0/s1. The van der Waals surface area contributed by atoms with Crippen molar-refractivity contribution in [2.45, 2.75) is 22.5 Å². The van der Waals surface area contributed by atoms with Gasteiger partial charge < -0.3 is 5.73 Å². The Morgan fingerprint density at radius 3 is 2.08 bits per heavy atom. The number of hydrogen-bond acceptors (Lipinski definition) is 2. The van der Waals surface area contributed by atoms with E-state index in [4.69, 9.17) is 11.0 Å². The summed E-state index contributed by atoms with van der Waals surface area (Å²) in [6.45, 7) is 0. The van der Waals surface area contributed by atoms with Crippen LogP contribution in [0, 0.1) is 16.7 Å². The van der Waals surface area contributed by atoms with Crippen molar-refractivity contribution in [3.8, 4) is 6.07 Å². The molecule has 3 nitrogen and oxygen atoms in total. The maximum absolute atomic E-state index is 11.0. The number of halogens is 2. The van der Waals surface area contributed by atoms with E-state index in [1.807, 2.05) is 6.07 Å². The van der Waals surface area contributed by atoms with Crippen LogP contribution in [0.25, 0.3) is 0 Å². The summed E-state index contributed by atoms with van der Waals surface area (Å²) in [6.07, 6.45) is 0.990. The van der Waals surface area contributed by atoms with Gasteiger partial charge in [-0.1, -0.05) is 31.9 Å². The molecule has 1 rings (SSSR count). The normalized spacial score (nSPS) is 32.8. The third-order valence-corrected chi connectivity index (χ3v) is 4.80. The van der Waals surface area contributed by atoms with Gasteiger partial charge in [0.2, 0.25) is 5.91 Å². The molecule has 0 aromatic carbocycles. The summed E-state index contributed by atoms with van der Waals surface area (Å²) in [5, 5.41) is 8.83. The molecule has 0 spiro atoms. The fourth-order valence-corrected chi connectivity index (χ4v) is 2.83. The molecule has 1 aliphatic rings. The average Bonchev–Trinajstić information content (AvgIpc) is 2.29. The zero-order valence-corrected chi connectivity index (χ0v) is 9.43. The molecular weight excluding hydrogens is 288 g/mol. The number of nitrogens with two attached hydrogens (primary N) is 1. The van der Waals surface area contributed by atoms with Gasteiger partial charge in [0.05, 0.1) is 6.07 Å². The first-order valence-electron chi connectivity index (χ1n) is 3.51. The van der Waals surface area contributed by atoms with E-state index in [2.05, 4.69) is 31.9 Å². The van der Waals surface area contributed by atoms with Crippen LogP contribution in [0.15, 0.2) is 0 Å². The number of amides is 1. The Kier molecular flexibility index (Phi) is 2.79. The Hall–Kier alpha value is -0.0800. The van der Waals surface area contributed by atoms with Crippen LogP contribution in [0.4, 0.5) is 0 Å². The van der Waals surface area contributed by atoms with Crippen LogP contribution in [0.5, 0.6) is 0 Å². The molecule has 0 aromatic heterocycles. The molecule has 0 aliphatic heterocycles. The highest BCUT2D eigenvalue weighted by molar-refractivity contribution is 9.12. The van der Waals surface area contributed by atoms with E-state index >= 15 is 0 Å². The van der Waals surface area contributed by atoms with Gasteiger partial charge in [0, 0.05) is 9.65 Å². The highest BCUT2D eigenvalue weighted by Crippen LogP contribution is 2.44. The third-order valence-electron chi connectivity index (χ3n) is 2.17. The van der Waals surface area contributed by atoms with E-state index in [0.29, 0.717) is 12.8 Å². The summed E-state index contributed by atoms with van der Waals surface area (Å²) in [4.78, 5) is 11.3. The lowest BCUT2D eigenvalue weighted by Crippen LogP contribution is -2.33. The summed E-state index contributed by atoms with van der Waals surface area (Å²) in [7, 11) is 0. The predicted molar refractivity (Wildman–Crippen MR) is 51.9 cm³/mol. The molecule has 1 fully saturated rings. The van der Waals surface area contributed by atoms with E-state index in [0.717, 1.165) is 0 Å². The molecule has 1 aliphatic carbocycles. The first-order valence-corrected chi connectivity index (χ1v) is 5.34. The fourth-order valence-electron chi connectivity index (χ4n) is 1.35. The largest absolute Gasteiger partial charge is 0.368 e. The number of nitrogens with zero attached hydrogens (tertiary/aromatic N) is 1. The van der Waals surface area contributed by atoms with Crippen molar-refractivity contribution < 1.29 is 4.79 Å².